The third-order valence-electron chi connectivity index (χ3n) is 8.89. The highest BCUT2D eigenvalue weighted by molar-refractivity contribution is 5.98. The van der Waals surface area contributed by atoms with Crippen molar-refractivity contribution in [1.82, 2.24) is 30.5 Å². The number of para-hydroxylation sites is 1. The summed E-state index contributed by atoms with van der Waals surface area (Å²) in [7, 11) is 0. The Hall–Kier alpha value is -4.71. The lowest BCUT2D eigenvalue weighted by Gasteiger charge is -2.34. The van der Waals surface area contributed by atoms with Crippen molar-refractivity contribution in [3.63, 3.8) is 0 Å². The van der Waals surface area contributed by atoms with Gasteiger partial charge in [0.15, 0.2) is 0 Å². The molecule has 2 aromatic carbocycles. The number of unbranched alkanes of at least 4 members (excludes halogenated alkanes) is 1. The van der Waals surface area contributed by atoms with Gasteiger partial charge in [0.2, 0.25) is 11.8 Å². The molecule has 0 saturated carbocycles. The second-order valence-corrected chi connectivity index (χ2v) is 13.7. The number of aromatic amines is 2. The zero-order valence-corrected chi connectivity index (χ0v) is 28.2. The van der Waals surface area contributed by atoms with E-state index in [1.807, 2.05) is 37.4 Å². The van der Waals surface area contributed by atoms with E-state index >= 15 is 0 Å². The molecule has 256 valence electrons. The number of carbonyl (C=O) groups is 4. The van der Waals surface area contributed by atoms with Crippen molar-refractivity contribution in [2.75, 3.05) is 19.6 Å². The molecule has 1 unspecified atom stereocenters. The van der Waals surface area contributed by atoms with Gasteiger partial charge in [-0.05, 0) is 89.2 Å². The summed E-state index contributed by atoms with van der Waals surface area (Å²) >= 11 is 0. The normalized spacial score (nSPS) is 17.1. The van der Waals surface area contributed by atoms with Crippen LogP contribution in [0.4, 0.5) is 0 Å². The maximum Gasteiger partial charge on any atom is 0.329 e. The van der Waals surface area contributed by atoms with Crippen LogP contribution in [-0.4, -0.2) is 80.9 Å². The quantitative estimate of drug-likeness (QED) is 0.112. The number of fused-ring (bicyclic) bond motifs is 2. The number of likely N-dealkylation sites (tertiary alicyclic amines) is 1. The monoisotopic (exact) mass is 657 g/mol. The van der Waals surface area contributed by atoms with E-state index in [0.717, 1.165) is 27.5 Å². The van der Waals surface area contributed by atoms with E-state index in [1.54, 1.807) is 50.2 Å². The number of hydrogen-bond acceptors (Lipinski definition) is 7. The summed E-state index contributed by atoms with van der Waals surface area (Å²) in [5, 5.41) is 6.87. The highest BCUT2D eigenvalue weighted by atomic mass is 16.6. The average Bonchev–Trinajstić information content (AvgIpc) is 3.72. The first-order valence-electron chi connectivity index (χ1n) is 16.8. The molecular formula is C36H47N7O5. The van der Waals surface area contributed by atoms with Crippen LogP contribution in [0.15, 0.2) is 55.0 Å². The van der Waals surface area contributed by atoms with Gasteiger partial charge in [-0.15, -0.1) is 0 Å². The first-order chi connectivity index (χ1) is 22.9. The van der Waals surface area contributed by atoms with Gasteiger partial charge in [0, 0.05) is 41.7 Å². The Morgan fingerprint density at radius 2 is 1.85 bits per heavy atom. The van der Waals surface area contributed by atoms with Gasteiger partial charge in [0.1, 0.15) is 17.7 Å². The predicted octanol–water partition coefficient (Wildman–Crippen LogP) is 4.14. The van der Waals surface area contributed by atoms with E-state index in [0.29, 0.717) is 50.8 Å². The number of esters is 1. The van der Waals surface area contributed by atoms with E-state index in [-0.39, 0.29) is 18.4 Å². The number of nitrogens with two attached hydrogens (primary N) is 1. The highest BCUT2D eigenvalue weighted by Crippen LogP contribution is 2.29. The summed E-state index contributed by atoms with van der Waals surface area (Å²) in [5.41, 5.74) is 8.78. The van der Waals surface area contributed by atoms with Crippen molar-refractivity contribution in [3.05, 3.63) is 66.1 Å². The number of nitrogens with one attached hydrogen (secondary N) is 4. The number of ether oxygens (including phenoxy) is 1. The van der Waals surface area contributed by atoms with Crippen molar-refractivity contribution in [1.29, 1.82) is 0 Å². The Bertz CT molecular complexity index is 1760. The lowest BCUT2D eigenvalue weighted by molar-refractivity contribution is -0.159. The van der Waals surface area contributed by atoms with Gasteiger partial charge >= 0.3 is 5.97 Å². The lowest BCUT2D eigenvalue weighted by Crippen LogP contribution is -2.56. The van der Waals surface area contributed by atoms with Crippen LogP contribution in [0.1, 0.15) is 81.6 Å². The highest BCUT2D eigenvalue weighted by Gasteiger charge is 2.36. The zero-order chi connectivity index (χ0) is 34.4. The molecule has 48 heavy (non-hydrogen) atoms. The molecule has 2 aromatic heterocycles. The Kier molecular flexibility index (Phi) is 10.8. The fourth-order valence-corrected chi connectivity index (χ4v) is 6.34. The minimum atomic E-state index is -1.01. The molecule has 5 rings (SSSR count). The maximum absolute atomic E-state index is 14.1. The molecule has 1 aliphatic rings. The molecule has 3 amide bonds. The number of imidazole rings is 1. The molecule has 0 radical (unpaired) electrons. The average molecular weight is 658 g/mol. The molecule has 0 bridgehead atoms. The molecule has 12 heteroatoms. The van der Waals surface area contributed by atoms with Crippen LogP contribution in [0.3, 0.4) is 0 Å². The Labute approximate surface area is 280 Å². The molecule has 4 atom stereocenters. The number of carbonyl (C=O) groups excluding carboxylic acids is 4. The standard InChI is InChI=1S/C36H47N7O5/c1-22(26-19-38-27-12-6-5-11-25(26)27)31(33(45)41-29(13-7-8-16-37)35(47)48-36(2,3)4)42-32(44)24-10-9-17-43(20-24)34(46)23-14-15-28-30(18-23)40-21-39-28/h5-6,11-12,14-15,18-19,21-22,24,29,31,38H,7-10,13,16-17,20,37H2,1-4H3,(H,39,40)(H,41,45)(H,42,44)/t22-,24?,29-,31-/m0/s1. The van der Waals surface area contributed by atoms with Gasteiger partial charge in [0.25, 0.3) is 5.91 Å². The summed E-state index contributed by atoms with van der Waals surface area (Å²) < 4.78 is 5.65. The molecule has 0 aliphatic carbocycles. The number of aromatic nitrogens is 3. The van der Waals surface area contributed by atoms with Gasteiger partial charge in [-0.3, -0.25) is 14.4 Å². The van der Waals surface area contributed by atoms with Crippen molar-refractivity contribution >= 4 is 45.6 Å². The van der Waals surface area contributed by atoms with Crippen LogP contribution in [0.5, 0.6) is 0 Å². The summed E-state index contributed by atoms with van der Waals surface area (Å²) in [6, 6.07) is 11.2. The van der Waals surface area contributed by atoms with Gasteiger partial charge in [-0.25, -0.2) is 9.78 Å². The van der Waals surface area contributed by atoms with Crippen LogP contribution >= 0.6 is 0 Å². The first-order valence-corrected chi connectivity index (χ1v) is 16.8. The topological polar surface area (TPSA) is 175 Å². The number of hydrogen-bond donors (Lipinski definition) is 5. The number of amides is 3. The van der Waals surface area contributed by atoms with Gasteiger partial charge in [0.05, 0.1) is 23.3 Å². The molecule has 12 nitrogen and oxygen atoms in total. The molecular weight excluding hydrogens is 610 g/mol. The largest absolute Gasteiger partial charge is 0.458 e. The molecule has 1 aliphatic heterocycles. The number of rotatable bonds is 12. The summed E-state index contributed by atoms with van der Waals surface area (Å²) in [4.78, 5) is 67.0. The Morgan fingerprint density at radius 1 is 1.06 bits per heavy atom. The number of piperidine rings is 1. The fraction of sp³-hybridized carbons (Fsp3) is 0.472. The SMILES string of the molecule is C[C@@H](c1c[nH]c2ccccc12)[C@H](NC(=O)C1CCCN(C(=O)c2ccc3nc[nH]c3c2)C1)C(=O)N[C@@H](CCCCN)C(=O)OC(C)(C)C. The molecule has 1 fully saturated rings. The lowest BCUT2D eigenvalue weighted by atomic mass is 9.90. The predicted molar refractivity (Wildman–Crippen MR) is 184 cm³/mol. The fourth-order valence-electron chi connectivity index (χ4n) is 6.34. The molecule has 6 N–H and O–H groups in total. The minimum Gasteiger partial charge on any atom is -0.458 e. The summed E-state index contributed by atoms with van der Waals surface area (Å²) in [6.07, 6.45) is 6.32. The first kappa shape index (κ1) is 34.6. The zero-order valence-electron chi connectivity index (χ0n) is 28.2. The summed E-state index contributed by atoms with van der Waals surface area (Å²) in [5.74, 6) is -2.48. The smallest absolute Gasteiger partial charge is 0.329 e. The van der Waals surface area contributed by atoms with Crippen LogP contribution in [0.2, 0.25) is 0 Å². The van der Waals surface area contributed by atoms with Gasteiger partial charge < -0.3 is 36.0 Å². The third kappa shape index (κ3) is 8.22. The van der Waals surface area contributed by atoms with E-state index in [2.05, 4.69) is 25.6 Å². The van der Waals surface area contributed by atoms with Crippen molar-refractivity contribution < 1.29 is 23.9 Å². The van der Waals surface area contributed by atoms with Crippen LogP contribution in [0, 0.1) is 5.92 Å². The third-order valence-corrected chi connectivity index (χ3v) is 8.89. The second-order valence-electron chi connectivity index (χ2n) is 13.7. The molecule has 3 heterocycles. The van der Waals surface area contributed by atoms with Crippen LogP contribution in [0.25, 0.3) is 21.9 Å². The number of H-pyrrole nitrogens is 2. The van der Waals surface area contributed by atoms with Gasteiger partial charge in [-0.2, -0.15) is 0 Å². The summed E-state index contributed by atoms with van der Waals surface area (Å²) in [6.45, 7) is 8.43. The van der Waals surface area contributed by atoms with Crippen molar-refractivity contribution in [2.45, 2.75) is 83.4 Å². The van der Waals surface area contributed by atoms with E-state index in [9.17, 15) is 19.2 Å². The van der Waals surface area contributed by atoms with Crippen molar-refractivity contribution in [3.8, 4) is 0 Å². The van der Waals surface area contributed by atoms with Gasteiger partial charge in [-0.1, -0.05) is 25.1 Å². The van der Waals surface area contributed by atoms with E-state index in [1.165, 1.54) is 0 Å². The second kappa shape index (κ2) is 15.0. The maximum atomic E-state index is 14.1. The number of benzene rings is 2. The Balaban J connectivity index is 1.36. The van der Waals surface area contributed by atoms with E-state index in [4.69, 9.17) is 10.5 Å². The molecule has 0 spiro atoms. The minimum absolute atomic E-state index is 0.164. The van der Waals surface area contributed by atoms with Crippen molar-refractivity contribution in [2.24, 2.45) is 11.7 Å². The van der Waals surface area contributed by atoms with Crippen LogP contribution in [-0.2, 0) is 19.1 Å². The Morgan fingerprint density at radius 3 is 2.62 bits per heavy atom. The number of nitrogens with zero attached hydrogens (tertiary/aromatic N) is 2. The molecule has 4 aromatic rings. The van der Waals surface area contributed by atoms with Crippen LogP contribution < -0.4 is 16.4 Å². The van der Waals surface area contributed by atoms with E-state index < -0.39 is 41.4 Å². The molecule has 1 saturated heterocycles.